The molecule has 34 heavy (non-hydrogen) atoms. The smallest absolute Gasteiger partial charge is 0.287 e. The Kier molecular flexibility index (Phi) is 8.73. The summed E-state index contributed by atoms with van der Waals surface area (Å²) < 4.78 is 0. The Bertz CT molecular complexity index is 1040. The Morgan fingerprint density at radius 1 is 0.971 bits per heavy atom. The number of carbonyl (C=O) groups is 3. The molecule has 180 valence electrons. The van der Waals surface area contributed by atoms with E-state index < -0.39 is 23.6 Å². The van der Waals surface area contributed by atoms with Crippen molar-refractivity contribution in [3.63, 3.8) is 0 Å². The van der Waals surface area contributed by atoms with Crippen LogP contribution < -0.4 is 11.1 Å². The Morgan fingerprint density at radius 2 is 1.62 bits per heavy atom. The second-order valence-electron chi connectivity index (χ2n) is 9.17. The van der Waals surface area contributed by atoms with E-state index in [1.54, 1.807) is 26.0 Å². The maximum atomic E-state index is 12.9. The number of carbonyl (C=O) groups excluding carboxylic acids is 3. The van der Waals surface area contributed by atoms with Crippen molar-refractivity contribution in [3.05, 3.63) is 70.8 Å². The standard InChI is InChI=1S/C27H34N4O3/c1-19(2)24(25(32)26(28)33)29-27(34)23-7-5-4-6-22(23)13-12-20-8-10-21(11-9-20)18-31-16-14-30(3)15-17-31/h4-13,19,24H,14-18H2,1-3H3,(H2,28,33)(H,29,34)/b13-12+. The first-order valence-corrected chi connectivity index (χ1v) is 11.7. The van der Waals surface area contributed by atoms with Crippen LogP contribution in [0.2, 0.25) is 0 Å². The summed E-state index contributed by atoms with van der Waals surface area (Å²) in [7, 11) is 2.16. The van der Waals surface area contributed by atoms with Gasteiger partial charge in [0.25, 0.3) is 11.8 Å². The number of amides is 2. The first-order valence-electron chi connectivity index (χ1n) is 11.7. The van der Waals surface area contributed by atoms with Crippen LogP contribution in [-0.2, 0) is 16.1 Å². The van der Waals surface area contributed by atoms with Gasteiger partial charge < -0.3 is 16.0 Å². The lowest BCUT2D eigenvalue weighted by Crippen LogP contribution is -2.49. The number of primary amides is 1. The molecule has 0 bridgehead atoms. The van der Waals surface area contributed by atoms with Crippen molar-refractivity contribution >= 4 is 29.7 Å². The molecule has 0 aliphatic carbocycles. The molecule has 3 N–H and O–H groups in total. The zero-order valence-corrected chi connectivity index (χ0v) is 20.2. The Balaban J connectivity index is 1.68. The number of hydrogen-bond donors (Lipinski definition) is 2. The molecule has 1 aliphatic rings. The molecular weight excluding hydrogens is 428 g/mol. The molecule has 7 nitrogen and oxygen atoms in total. The van der Waals surface area contributed by atoms with Crippen LogP contribution >= 0.6 is 0 Å². The van der Waals surface area contributed by atoms with Crippen molar-refractivity contribution in [2.45, 2.75) is 26.4 Å². The lowest BCUT2D eigenvalue weighted by atomic mass is 9.98. The molecule has 7 heteroatoms. The molecule has 1 atom stereocenters. The third-order valence-corrected chi connectivity index (χ3v) is 6.12. The molecule has 2 aromatic rings. The van der Waals surface area contributed by atoms with E-state index in [0.717, 1.165) is 43.9 Å². The van der Waals surface area contributed by atoms with Crippen LogP contribution in [0.3, 0.4) is 0 Å². The molecule has 0 aromatic heterocycles. The average Bonchev–Trinajstić information content (AvgIpc) is 2.83. The molecule has 2 amide bonds. The van der Waals surface area contributed by atoms with E-state index in [9.17, 15) is 14.4 Å². The van der Waals surface area contributed by atoms with Gasteiger partial charge in [-0.05, 0) is 35.7 Å². The minimum Gasteiger partial charge on any atom is -0.363 e. The molecule has 0 spiro atoms. The van der Waals surface area contributed by atoms with Gasteiger partial charge in [0.15, 0.2) is 0 Å². The number of Topliss-reactive ketones (excluding diaryl/α,β-unsaturated/α-hetero) is 1. The minimum absolute atomic E-state index is 0.268. The molecule has 1 saturated heterocycles. The third-order valence-electron chi connectivity index (χ3n) is 6.12. The summed E-state index contributed by atoms with van der Waals surface area (Å²) in [6.45, 7) is 8.82. The molecule has 0 radical (unpaired) electrons. The number of nitrogens with one attached hydrogen (secondary N) is 1. The zero-order chi connectivity index (χ0) is 24.7. The van der Waals surface area contributed by atoms with Crippen molar-refractivity contribution in [2.24, 2.45) is 11.7 Å². The predicted octanol–water partition coefficient (Wildman–Crippen LogP) is 2.41. The fraction of sp³-hybridized carbons (Fsp3) is 0.370. The summed E-state index contributed by atoms with van der Waals surface area (Å²) in [5, 5.41) is 2.67. The topological polar surface area (TPSA) is 95.7 Å². The number of likely N-dealkylation sites (N-methyl/N-ethyl adjacent to an activating group) is 1. The van der Waals surface area contributed by atoms with E-state index in [4.69, 9.17) is 5.73 Å². The van der Waals surface area contributed by atoms with Crippen molar-refractivity contribution < 1.29 is 14.4 Å². The molecule has 1 fully saturated rings. The first-order chi connectivity index (χ1) is 16.2. The van der Waals surface area contributed by atoms with Crippen molar-refractivity contribution in [2.75, 3.05) is 33.2 Å². The summed E-state index contributed by atoms with van der Waals surface area (Å²) in [4.78, 5) is 41.2. The van der Waals surface area contributed by atoms with Crippen molar-refractivity contribution in [1.82, 2.24) is 15.1 Å². The van der Waals surface area contributed by atoms with Crippen LogP contribution in [0.1, 0.15) is 40.9 Å². The van der Waals surface area contributed by atoms with E-state index in [1.807, 2.05) is 24.3 Å². The quantitative estimate of drug-likeness (QED) is 0.441. The van der Waals surface area contributed by atoms with Gasteiger partial charge in [-0.15, -0.1) is 0 Å². The SMILES string of the molecule is CC(C)C(NC(=O)c1ccccc1/C=C/c1ccc(CN2CCN(C)CC2)cc1)C(=O)C(N)=O. The fourth-order valence-electron chi connectivity index (χ4n) is 3.94. The van der Waals surface area contributed by atoms with Crippen LogP contribution in [0.25, 0.3) is 12.2 Å². The van der Waals surface area contributed by atoms with Crippen molar-refractivity contribution in [3.8, 4) is 0 Å². The van der Waals surface area contributed by atoms with Gasteiger partial charge in [0, 0.05) is 38.3 Å². The van der Waals surface area contributed by atoms with Gasteiger partial charge in [0.1, 0.15) is 0 Å². The maximum absolute atomic E-state index is 12.9. The highest BCUT2D eigenvalue weighted by Gasteiger charge is 2.28. The lowest BCUT2D eigenvalue weighted by molar-refractivity contribution is -0.137. The highest BCUT2D eigenvalue weighted by molar-refractivity contribution is 6.38. The van der Waals surface area contributed by atoms with Crippen LogP contribution in [0.5, 0.6) is 0 Å². The van der Waals surface area contributed by atoms with Crippen LogP contribution in [0.15, 0.2) is 48.5 Å². The normalized spacial score (nSPS) is 16.0. The molecule has 1 unspecified atom stereocenters. The highest BCUT2D eigenvalue weighted by atomic mass is 16.2. The average molecular weight is 463 g/mol. The van der Waals surface area contributed by atoms with E-state index in [-0.39, 0.29) is 5.92 Å². The zero-order valence-electron chi connectivity index (χ0n) is 20.2. The monoisotopic (exact) mass is 462 g/mol. The van der Waals surface area contributed by atoms with Crippen LogP contribution in [-0.4, -0.2) is 66.7 Å². The lowest BCUT2D eigenvalue weighted by Gasteiger charge is -2.32. The van der Waals surface area contributed by atoms with E-state index in [1.165, 1.54) is 5.56 Å². The number of ketones is 1. The number of benzene rings is 2. The number of nitrogens with two attached hydrogens (primary N) is 1. The predicted molar refractivity (Wildman–Crippen MR) is 135 cm³/mol. The van der Waals surface area contributed by atoms with Crippen molar-refractivity contribution in [1.29, 1.82) is 0 Å². The molecule has 3 rings (SSSR count). The summed E-state index contributed by atoms with van der Waals surface area (Å²) in [6, 6.07) is 14.6. The van der Waals surface area contributed by atoms with Gasteiger partial charge in [-0.2, -0.15) is 0 Å². The molecule has 2 aromatic carbocycles. The fourth-order valence-corrected chi connectivity index (χ4v) is 3.94. The number of rotatable bonds is 9. The van der Waals surface area contributed by atoms with E-state index >= 15 is 0 Å². The summed E-state index contributed by atoms with van der Waals surface area (Å²) in [5.41, 5.74) is 8.59. The van der Waals surface area contributed by atoms with E-state index in [2.05, 4.69) is 46.4 Å². The number of piperazine rings is 1. The first kappa shape index (κ1) is 25.3. The largest absolute Gasteiger partial charge is 0.363 e. The van der Waals surface area contributed by atoms with Crippen LogP contribution in [0, 0.1) is 5.92 Å². The van der Waals surface area contributed by atoms with Gasteiger partial charge in [0.2, 0.25) is 5.78 Å². The number of hydrogen-bond acceptors (Lipinski definition) is 5. The Morgan fingerprint density at radius 3 is 2.24 bits per heavy atom. The van der Waals surface area contributed by atoms with Gasteiger partial charge in [-0.3, -0.25) is 19.3 Å². The Labute approximate surface area is 201 Å². The molecule has 1 heterocycles. The van der Waals surface area contributed by atoms with Crippen LogP contribution in [0.4, 0.5) is 0 Å². The Hall–Kier alpha value is -3.29. The molecular formula is C27H34N4O3. The second-order valence-corrected chi connectivity index (χ2v) is 9.17. The molecule has 1 aliphatic heterocycles. The number of nitrogens with zero attached hydrogens (tertiary/aromatic N) is 2. The van der Waals surface area contributed by atoms with Gasteiger partial charge in [-0.25, -0.2) is 0 Å². The van der Waals surface area contributed by atoms with Gasteiger partial charge in [-0.1, -0.05) is 68.5 Å². The van der Waals surface area contributed by atoms with E-state index in [0.29, 0.717) is 5.56 Å². The van der Waals surface area contributed by atoms with Gasteiger partial charge >= 0.3 is 0 Å². The molecule has 0 saturated carbocycles. The second kappa shape index (κ2) is 11.7. The highest BCUT2D eigenvalue weighted by Crippen LogP contribution is 2.16. The third kappa shape index (κ3) is 6.85. The summed E-state index contributed by atoms with van der Waals surface area (Å²) >= 11 is 0. The maximum Gasteiger partial charge on any atom is 0.287 e. The minimum atomic E-state index is -1.05. The summed E-state index contributed by atoms with van der Waals surface area (Å²) in [5.74, 6) is -2.54. The summed E-state index contributed by atoms with van der Waals surface area (Å²) in [6.07, 6.45) is 3.84. The van der Waals surface area contributed by atoms with Gasteiger partial charge in [0.05, 0.1) is 6.04 Å².